The number of carbonyl (C=O) groups excluding carboxylic acids is 2. The standard InChI is InChI=1S/C27H34N4O2S/c1-3-15-28-26(32)18-29-27(33)19-31(34-23-11-12-23)22-13-16-30(17-14-22)20(2)24-10-6-8-21-7-4-5-9-25(21)24/h1,4-10,20,22-23H,11-19H2,2H3,(H,28,32)(H,29,33)/t20-/m0/s1. The number of terminal acetylenes is 1. The number of carbonyl (C=O) groups is 2. The van der Waals surface area contributed by atoms with E-state index in [1.165, 1.54) is 29.2 Å². The first-order valence-electron chi connectivity index (χ1n) is 12.2. The number of likely N-dealkylation sites (tertiary alicyclic amines) is 1. The van der Waals surface area contributed by atoms with Gasteiger partial charge in [0, 0.05) is 30.4 Å². The highest BCUT2D eigenvalue weighted by atomic mass is 32.2. The van der Waals surface area contributed by atoms with Crippen molar-refractivity contribution in [2.24, 2.45) is 0 Å². The summed E-state index contributed by atoms with van der Waals surface area (Å²) in [6.45, 7) is 4.77. The van der Waals surface area contributed by atoms with E-state index in [0.717, 1.165) is 25.9 Å². The maximum absolute atomic E-state index is 12.6. The molecule has 1 atom stereocenters. The van der Waals surface area contributed by atoms with Gasteiger partial charge >= 0.3 is 0 Å². The second-order valence-corrected chi connectivity index (χ2v) is 10.5. The zero-order chi connectivity index (χ0) is 23.9. The van der Waals surface area contributed by atoms with E-state index >= 15 is 0 Å². The van der Waals surface area contributed by atoms with Gasteiger partial charge in [0.05, 0.1) is 19.6 Å². The smallest absolute Gasteiger partial charge is 0.240 e. The summed E-state index contributed by atoms with van der Waals surface area (Å²) in [4.78, 5) is 26.9. The van der Waals surface area contributed by atoms with E-state index in [1.807, 2.05) is 11.9 Å². The monoisotopic (exact) mass is 478 g/mol. The van der Waals surface area contributed by atoms with E-state index in [1.54, 1.807) is 0 Å². The molecule has 1 saturated carbocycles. The minimum atomic E-state index is -0.261. The fraction of sp³-hybridized carbons (Fsp3) is 0.481. The number of nitrogens with one attached hydrogen (secondary N) is 2. The van der Waals surface area contributed by atoms with Gasteiger partial charge in [0.15, 0.2) is 0 Å². The van der Waals surface area contributed by atoms with Crippen LogP contribution in [0.2, 0.25) is 0 Å². The molecule has 0 unspecified atom stereocenters. The van der Waals surface area contributed by atoms with Crippen LogP contribution in [0.4, 0.5) is 0 Å². The Labute approximate surface area is 207 Å². The van der Waals surface area contributed by atoms with Crippen LogP contribution in [0, 0.1) is 12.3 Å². The van der Waals surface area contributed by atoms with Crippen molar-refractivity contribution in [2.75, 3.05) is 32.7 Å². The average Bonchev–Trinajstić information content (AvgIpc) is 3.69. The molecule has 180 valence electrons. The Kier molecular flexibility index (Phi) is 8.49. The molecule has 7 heteroatoms. The Hall–Kier alpha value is -2.53. The van der Waals surface area contributed by atoms with Crippen molar-refractivity contribution < 1.29 is 9.59 Å². The SMILES string of the molecule is C#CCNC(=O)CNC(=O)CN(SC1CC1)C1CCN([C@@H](C)c2cccc3ccccc23)CC1. The van der Waals surface area contributed by atoms with Crippen LogP contribution in [-0.2, 0) is 9.59 Å². The third-order valence-corrected chi connectivity index (χ3v) is 8.14. The topological polar surface area (TPSA) is 64.7 Å². The molecule has 0 radical (unpaired) electrons. The normalized spacial score (nSPS) is 17.9. The third kappa shape index (κ3) is 6.53. The van der Waals surface area contributed by atoms with Gasteiger partial charge in [-0.3, -0.25) is 14.5 Å². The van der Waals surface area contributed by atoms with Gasteiger partial charge in [-0.05, 0) is 48.9 Å². The van der Waals surface area contributed by atoms with Gasteiger partial charge in [-0.1, -0.05) is 60.3 Å². The zero-order valence-corrected chi connectivity index (χ0v) is 20.7. The van der Waals surface area contributed by atoms with Crippen molar-refractivity contribution in [3.63, 3.8) is 0 Å². The van der Waals surface area contributed by atoms with Gasteiger partial charge in [0.1, 0.15) is 0 Å². The van der Waals surface area contributed by atoms with Crippen molar-refractivity contribution in [3.8, 4) is 12.3 Å². The summed E-state index contributed by atoms with van der Waals surface area (Å²) in [5, 5.41) is 8.54. The highest BCUT2D eigenvalue weighted by molar-refractivity contribution is 7.97. The van der Waals surface area contributed by atoms with Crippen LogP contribution in [0.3, 0.4) is 0 Å². The molecule has 2 aromatic rings. The summed E-state index contributed by atoms with van der Waals surface area (Å²) in [5.74, 6) is 1.98. The zero-order valence-electron chi connectivity index (χ0n) is 19.8. The minimum Gasteiger partial charge on any atom is -0.346 e. The number of fused-ring (bicyclic) bond motifs is 1. The highest BCUT2D eigenvalue weighted by Crippen LogP contribution is 2.39. The highest BCUT2D eigenvalue weighted by Gasteiger charge is 2.33. The van der Waals surface area contributed by atoms with Crippen molar-refractivity contribution >= 4 is 34.5 Å². The summed E-state index contributed by atoms with van der Waals surface area (Å²) >= 11 is 1.83. The first-order chi connectivity index (χ1) is 16.5. The van der Waals surface area contributed by atoms with E-state index in [9.17, 15) is 9.59 Å². The second kappa shape index (κ2) is 11.7. The van der Waals surface area contributed by atoms with Gasteiger partial charge in [-0.2, -0.15) is 0 Å². The van der Waals surface area contributed by atoms with Crippen LogP contribution in [0.15, 0.2) is 42.5 Å². The molecule has 0 aromatic heterocycles. The molecule has 2 aromatic carbocycles. The molecule has 1 aliphatic carbocycles. The van der Waals surface area contributed by atoms with Gasteiger partial charge in [-0.15, -0.1) is 6.42 Å². The second-order valence-electron chi connectivity index (χ2n) is 9.15. The molecular formula is C27H34N4O2S. The number of hydrogen-bond acceptors (Lipinski definition) is 5. The lowest BCUT2D eigenvalue weighted by Crippen LogP contribution is -2.47. The Morgan fingerprint density at radius 2 is 1.82 bits per heavy atom. The average molecular weight is 479 g/mol. The van der Waals surface area contributed by atoms with Crippen molar-refractivity contribution in [2.45, 2.75) is 49.9 Å². The molecule has 6 nitrogen and oxygen atoms in total. The number of hydrogen-bond donors (Lipinski definition) is 2. The van der Waals surface area contributed by atoms with Crippen LogP contribution in [0.1, 0.15) is 44.2 Å². The lowest BCUT2D eigenvalue weighted by molar-refractivity contribution is -0.126. The van der Waals surface area contributed by atoms with Crippen molar-refractivity contribution in [1.29, 1.82) is 0 Å². The van der Waals surface area contributed by atoms with Gasteiger partial charge in [0.25, 0.3) is 0 Å². The lowest BCUT2D eigenvalue weighted by Gasteiger charge is -2.40. The number of benzene rings is 2. The molecule has 0 bridgehead atoms. The molecular weight excluding hydrogens is 444 g/mol. The third-order valence-electron chi connectivity index (χ3n) is 6.67. The first kappa shape index (κ1) is 24.6. The van der Waals surface area contributed by atoms with E-state index in [0.29, 0.717) is 23.9 Å². The predicted octanol–water partition coefficient (Wildman–Crippen LogP) is 3.34. The van der Waals surface area contributed by atoms with E-state index < -0.39 is 0 Å². The largest absolute Gasteiger partial charge is 0.346 e. The maximum Gasteiger partial charge on any atom is 0.240 e. The predicted molar refractivity (Wildman–Crippen MR) is 139 cm³/mol. The maximum atomic E-state index is 12.6. The van der Waals surface area contributed by atoms with Crippen LogP contribution >= 0.6 is 11.9 Å². The van der Waals surface area contributed by atoms with Crippen LogP contribution in [0.25, 0.3) is 10.8 Å². The Morgan fingerprint density at radius 3 is 2.56 bits per heavy atom. The van der Waals surface area contributed by atoms with Gasteiger partial charge in [-0.25, -0.2) is 4.31 Å². The quantitative estimate of drug-likeness (QED) is 0.405. The van der Waals surface area contributed by atoms with E-state index in [2.05, 4.69) is 75.1 Å². The minimum absolute atomic E-state index is 0.0383. The molecule has 1 aliphatic heterocycles. The number of rotatable bonds is 10. The number of amides is 2. The first-order valence-corrected chi connectivity index (χ1v) is 13.0. The van der Waals surface area contributed by atoms with E-state index in [-0.39, 0.29) is 24.9 Å². The van der Waals surface area contributed by atoms with Crippen molar-refractivity contribution in [1.82, 2.24) is 19.8 Å². The van der Waals surface area contributed by atoms with Gasteiger partial charge < -0.3 is 10.6 Å². The summed E-state index contributed by atoms with van der Waals surface area (Å²) in [5.41, 5.74) is 1.38. The summed E-state index contributed by atoms with van der Waals surface area (Å²) in [6.07, 6.45) is 9.65. The number of piperidine rings is 1. The van der Waals surface area contributed by atoms with Crippen molar-refractivity contribution in [3.05, 3.63) is 48.0 Å². The van der Waals surface area contributed by atoms with E-state index in [4.69, 9.17) is 6.42 Å². The van der Waals surface area contributed by atoms with Gasteiger partial charge in [0.2, 0.25) is 11.8 Å². The summed E-state index contributed by atoms with van der Waals surface area (Å²) in [6, 6.07) is 15.9. The molecule has 34 heavy (non-hydrogen) atoms. The molecule has 1 saturated heterocycles. The molecule has 1 heterocycles. The fourth-order valence-corrected chi connectivity index (χ4v) is 5.88. The molecule has 2 fully saturated rings. The van der Waals surface area contributed by atoms with Crippen LogP contribution in [0.5, 0.6) is 0 Å². The Bertz CT molecular complexity index is 1040. The molecule has 2 N–H and O–H groups in total. The van der Waals surface area contributed by atoms with Crippen LogP contribution < -0.4 is 10.6 Å². The summed E-state index contributed by atoms with van der Waals surface area (Å²) in [7, 11) is 0. The molecule has 2 aliphatic rings. The summed E-state index contributed by atoms with van der Waals surface area (Å²) < 4.78 is 2.27. The number of nitrogens with zero attached hydrogens (tertiary/aromatic N) is 2. The lowest BCUT2D eigenvalue weighted by atomic mass is 9.96. The molecule has 0 spiro atoms. The fourth-order valence-electron chi connectivity index (χ4n) is 4.58. The molecule has 2 amide bonds. The molecule has 4 rings (SSSR count). The Morgan fingerprint density at radius 1 is 1.09 bits per heavy atom. The van der Waals surface area contributed by atoms with Crippen LogP contribution in [-0.4, -0.2) is 65.0 Å². The Balaban J connectivity index is 1.32.